The monoisotopic (exact) mass is 439 g/mol. The van der Waals surface area contributed by atoms with Crippen LogP contribution in [0.15, 0.2) is 59.4 Å². The van der Waals surface area contributed by atoms with Crippen molar-refractivity contribution in [3.63, 3.8) is 0 Å². The van der Waals surface area contributed by atoms with Gasteiger partial charge in [0.2, 0.25) is 5.91 Å². The summed E-state index contributed by atoms with van der Waals surface area (Å²) < 4.78 is 0. The Balaban J connectivity index is 1.54. The summed E-state index contributed by atoms with van der Waals surface area (Å²) in [5, 5.41) is 12.4. The van der Waals surface area contributed by atoms with Crippen LogP contribution >= 0.6 is 0 Å². The third-order valence-corrected chi connectivity index (χ3v) is 5.88. The van der Waals surface area contributed by atoms with Gasteiger partial charge in [0, 0.05) is 12.1 Å². The minimum Gasteiger partial charge on any atom is -0.346 e. The first-order chi connectivity index (χ1) is 16.0. The van der Waals surface area contributed by atoms with Crippen LogP contribution in [0.3, 0.4) is 0 Å². The molecule has 1 amide bonds. The molecule has 2 aromatic heterocycles. The van der Waals surface area contributed by atoms with Crippen molar-refractivity contribution < 1.29 is 4.79 Å². The first-order valence-electron chi connectivity index (χ1n) is 10.9. The number of benzene rings is 2. The van der Waals surface area contributed by atoms with Crippen molar-refractivity contribution >= 4 is 16.9 Å². The van der Waals surface area contributed by atoms with Crippen LogP contribution in [0.25, 0.3) is 11.0 Å². The van der Waals surface area contributed by atoms with Crippen LogP contribution in [0.4, 0.5) is 0 Å². The van der Waals surface area contributed by atoms with Crippen LogP contribution in [-0.2, 0) is 17.6 Å². The highest BCUT2D eigenvalue weighted by Gasteiger charge is 2.20. The molecular formula is C26H25N5O2. The molecule has 0 saturated heterocycles. The summed E-state index contributed by atoms with van der Waals surface area (Å²) in [5.41, 5.74) is 4.70. The van der Waals surface area contributed by atoms with E-state index in [1.807, 2.05) is 60.7 Å². The molecule has 2 aromatic carbocycles. The lowest BCUT2D eigenvalue weighted by molar-refractivity contribution is -0.121. The van der Waals surface area contributed by atoms with Crippen LogP contribution in [0.5, 0.6) is 0 Å². The van der Waals surface area contributed by atoms with Gasteiger partial charge in [-0.15, -0.1) is 0 Å². The number of amides is 1. The van der Waals surface area contributed by atoms with E-state index < -0.39 is 5.56 Å². The number of carbonyl (C=O) groups excluding carboxylic acids is 1. The first kappa shape index (κ1) is 22.0. The lowest BCUT2D eigenvalue weighted by atomic mass is 9.98. The number of aromatic nitrogens is 3. The van der Waals surface area contributed by atoms with Crippen molar-refractivity contribution in [2.45, 2.75) is 39.2 Å². The Morgan fingerprint density at radius 1 is 1.09 bits per heavy atom. The van der Waals surface area contributed by atoms with Crippen molar-refractivity contribution in [1.29, 1.82) is 5.26 Å². The highest BCUT2D eigenvalue weighted by molar-refractivity contribution is 5.78. The number of fused-ring (bicyclic) bond motifs is 1. The Kier molecular flexibility index (Phi) is 6.36. The van der Waals surface area contributed by atoms with E-state index in [0.717, 1.165) is 22.2 Å². The molecule has 0 aliphatic carbocycles. The Hall–Kier alpha value is -4.18. The number of aromatic amines is 2. The van der Waals surface area contributed by atoms with E-state index in [0.29, 0.717) is 29.9 Å². The van der Waals surface area contributed by atoms with E-state index in [2.05, 4.69) is 15.3 Å². The number of nitrogens with one attached hydrogen (secondary N) is 3. The third kappa shape index (κ3) is 4.85. The minimum absolute atomic E-state index is 0.0974. The van der Waals surface area contributed by atoms with Gasteiger partial charge < -0.3 is 15.3 Å². The van der Waals surface area contributed by atoms with Crippen molar-refractivity contribution in [2.24, 2.45) is 0 Å². The standard InChI is InChI=1S/C26H25N5O2/c1-16-19(17(2)28-26(33)20(16)15-27)12-13-24(32)29-23(14-18-8-4-3-5-9-18)25-30-21-10-6-7-11-22(21)31-25/h3-11,23H,12-14H2,1-2H3,(H,28,33)(H,29,32)(H,30,31)/t23-/m0/s1. The van der Waals surface area contributed by atoms with E-state index in [-0.39, 0.29) is 23.9 Å². The smallest absolute Gasteiger partial charge is 0.266 e. The molecule has 1 atom stereocenters. The molecule has 0 radical (unpaired) electrons. The van der Waals surface area contributed by atoms with Gasteiger partial charge in [-0.05, 0) is 55.5 Å². The van der Waals surface area contributed by atoms with Gasteiger partial charge in [0.15, 0.2) is 0 Å². The van der Waals surface area contributed by atoms with Crippen molar-refractivity contribution in [3.8, 4) is 6.07 Å². The Labute approximate surface area is 191 Å². The summed E-state index contributed by atoms with van der Waals surface area (Å²) in [5.74, 6) is 0.580. The maximum absolute atomic E-state index is 13.0. The number of hydrogen-bond acceptors (Lipinski definition) is 4. The zero-order valence-corrected chi connectivity index (χ0v) is 18.6. The summed E-state index contributed by atoms with van der Waals surface area (Å²) in [7, 11) is 0. The highest BCUT2D eigenvalue weighted by Crippen LogP contribution is 2.21. The fraction of sp³-hybridized carbons (Fsp3) is 0.231. The molecule has 0 aliphatic rings. The van der Waals surface area contributed by atoms with Crippen LogP contribution in [-0.4, -0.2) is 20.9 Å². The molecule has 0 unspecified atom stereocenters. The number of hydrogen-bond donors (Lipinski definition) is 3. The van der Waals surface area contributed by atoms with E-state index in [4.69, 9.17) is 4.98 Å². The number of aryl methyl sites for hydroxylation is 1. The van der Waals surface area contributed by atoms with Gasteiger partial charge in [-0.25, -0.2) is 4.98 Å². The molecule has 7 nitrogen and oxygen atoms in total. The number of H-pyrrole nitrogens is 2. The molecule has 4 aromatic rings. The second-order valence-electron chi connectivity index (χ2n) is 8.12. The second-order valence-corrected chi connectivity index (χ2v) is 8.12. The molecule has 3 N–H and O–H groups in total. The second kappa shape index (κ2) is 9.53. The molecule has 0 aliphatic heterocycles. The van der Waals surface area contributed by atoms with E-state index in [9.17, 15) is 14.9 Å². The molecule has 0 fully saturated rings. The Morgan fingerprint density at radius 2 is 1.82 bits per heavy atom. The molecule has 0 spiro atoms. The topological polar surface area (TPSA) is 114 Å². The van der Waals surface area contributed by atoms with E-state index in [1.165, 1.54) is 0 Å². The molecule has 0 saturated carbocycles. The zero-order chi connectivity index (χ0) is 23.4. The summed E-state index contributed by atoms with van der Waals surface area (Å²) >= 11 is 0. The predicted molar refractivity (Wildman–Crippen MR) is 127 cm³/mol. The maximum Gasteiger partial charge on any atom is 0.266 e. The molecule has 7 heteroatoms. The van der Waals surface area contributed by atoms with E-state index in [1.54, 1.807) is 13.8 Å². The van der Waals surface area contributed by atoms with Crippen LogP contribution < -0.4 is 10.9 Å². The van der Waals surface area contributed by atoms with Crippen LogP contribution in [0.1, 0.15) is 46.2 Å². The maximum atomic E-state index is 13.0. The van der Waals surface area contributed by atoms with Crippen LogP contribution in [0.2, 0.25) is 0 Å². The molecule has 2 heterocycles. The summed E-state index contributed by atoms with van der Waals surface area (Å²) in [4.78, 5) is 35.7. The van der Waals surface area contributed by atoms with E-state index >= 15 is 0 Å². The van der Waals surface area contributed by atoms with Gasteiger partial charge in [-0.1, -0.05) is 42.5 Å². The summed E-state index contributed by atoms with van der Waals surface area (Å²) in [6.07, 6.45) is 1.25. The number of nitrogens with zero attached hydrogens (tertiary/aromatic N) is 2. The van der Waals surface area contributed by atoms with Gasteiger partial charge in [0.1, 0.15) is 17.5 Å². The first-order valence-corrected chi connectivity index (χ1v) is 10.9. The molecule has 0 bridgehead atoms. The number of nitriles is 1. The number of rotatable bonds is 7. The molecular weight excluding hydrogens is 414 g/mol. The Morgan fingerprint density at radius 3 is 2.55 bits per heavy atom. The lowest BCUT2D eigenvalue weighted by Crippen LogP contribution is -2.31. The van der Waals surface area contributed by atoms with Gasteiger partial charge in [-0.3, -0.25) is 9.59 Å². The number of pyridine rings is 1. The predicted octanol–water partition coefficient (Wildman–Crippen LogP) is 3.77. The van der Waals surface area contributed by atoms with Gasteiger partial charge in [0.05, 0.1) is 17.1 Å². The molecule has 33 heavy (non-hydrogen) atoms. The quantitative estimate of drug-likeness (QED) is 0.407. The van der Waals surface area contributed by atoms with Gasteiger partial charge in [0.25, 0.3) is 5.56 Å². The van der Waals surface area contributed by atoms with Crippen LogP contribution in [0, 0.1) is 25.2 Å². The molecule has 166 valence electrons. The highest BCUT2D eigenvalue weighted by atomic mass is 16.1. The summed E-state index contributed by atoms with van der Waals surface area (Å²) in [6, 6.07) is 19.4. The van der Waals surface area contributed by atoms with Crippen molar-refractivity contribution in [3.05, 3.63) is 98.7 Å². The number of carbonyl (C=O) groups is 1. The largest absolute Gasteiger partial charge is 0.346 e. The van der Waals surface area contributed by atoms with Gasteiger partial charge >= 0.3 is 0 Å². The number of imidazole rings is 1. The van der Waals surface area contributed by atoms with Gasteiger partial charge in [-0.2, -0.15) is 5.26 Å². The fourth-order valence-electron chi connectivity index (χ4n) is 4.13. The normalized spacial score (nSPS) is 11.8. The van der Waals surface area contributed by atoms with Crippen molar-refractivity contribution in [2.75, 3.05) is 0 Å². The Bertz CT molecular complexity index is 1360. The third-order valence-electron chi connectivity index (χ3n) is 5.88. The lowest BCUT2D eigenvalue weighted by Gasteiger charge is -2.18. The summed E-state index contributed by atoms with van der Waals surface area (Å²) in [6.45, 7) is 3.54. The fourth-order valence-corrected chi connectivity index (χ4v) is 4.13. The zero-order valence-electron chi connectivity index (χ0n) is 18.6. The average Bonchev–Trinajstić information content (AvgIpc) is 3.23. The SMILES string of the molecule is Cc1[nH]c(=O)c(C#N)c(C)c1CCC(=O)N[C@@H](Cc1ccccc1)c1nc2ccccc2[nH]1. The minimum atomic E-state index is -0.395. The molecule has 4 rings (SSSR count). The number of para-hydroxylation sites is 2. The van der Waals surface area contributed by atoms with Crippen molar-refractivity contribution in [1.82, 2.24) is 20.3 Å². The average molecular weight is 440 g/mol.